The third-order valence-electron chi connectivity index (χ3n) is 11.3. The van der Waals surface area contributed by atoms with Crippen LogP contribution in [0.1, 0.15) is 6.42 Å². The van der Waals surface area contributed by atoms with E-state index < -0.39 is 198 Å². The van der Waals surface area contributed by atoms with Gasteiger partial charge in [0.2, 0.25) is 0 Å². The Bertz CT molecular complexity index is 1390. The number of nitrogens with two attached hydrogens (primary N) is 1. The summed E-state index contributed by atoms with van der Waals surface area (Å²) in [5, 5.41) is 168. The minimum absolute atomic E-state index is 0.765. The molecule has 0 spiro atoms. The molecule has 28 nitrogen and oxygen atoms in total. The molecule has 356 valence electrons. The molecule has 5 heterocycles. The van der Waals surface area contributed by atoms with Gasteiger partial charge in [0.25, 0.3) is 5.79 Å². The molecule has 5 rings (SSSR count). The highest BCUT2D eigenvalue weighted by molar-refractivity contribution is 5.76. The number of methoxy groups -OCH3 is 1. The predicted octanol–water partition coefficient (Wildman–Crippen LogP) is -11.5. The number of carboxylic acids is 1. The molecule has 0 bridgehead atoms. The first-order chi connectivity index (χ1) is 28.8. The first-order valence-electron chi connectivity index (χ1n) is 19.1. The Morgan fingerprint density at radius 3 is 1.64 bits per heavy atom. The number of aliphatic hydroxyl groups is 15. The van der Waals surface area contributed by atoms with Crippen molar-refractivity contribution < 1.29 is 134 Å². The van der Waals surface area contributed by atoms with Gasteiger partial charge >= 0.3 is 5.97 Å². The molecule has 0 unspecified atom stereocenters. The van der Waals surface area contributed by atoms with Gasteiger partial charge in [0, 0.05) is 13.5 Å². The first-order valence-corrected chi connectivity index (χ1v) is 19.1. The number of carbonyl (C=O) groups is 1. The lowest BCUT2D eigenvalue weighted by atomic mass is 9.88. The third-order valence-corrected chi connectivity index (χ3v) is 11.3. The highest BCUT2D eigenvalue weighted by Crippen LogP contribution is 2.40. The number of hydrogen-bond acceptors (Lipinski definition) is 27. The average molecular weight is 900 g/mol. The van der Waals surface area contributed by atoms with Crippen molar-refractivity contribution in [2.75, 3.05) is 40.1 Å². The lowest BCUT2D eigenvalue weighted by Gasteiger charge is -2.51. The first kappa shape index (κ1) is 50.4. The van der Waals surface area contributed by atoms with Gasteiger partial charge in [-0.3, -0.25) is 0 Å². The van der Waals surface area contributed by atoms with Crippen LogP contribution in [0.15, 0.2) is 0 Å². The van der Waals surface area contributed by atoms with Gasteiger partial charge in [-0.25, -0.2) is 4.79 Å². The Balaban J connectivity index is 1.47. The van der Waals surface area contributed by atoms with E-state index in [1.165, 1.54) is 0 Å². The van der Waals surface area contributed by atoms with Gasteiger partial charge in [-0.05, 0) is 0 Å². The summed E-state index contributed by atoms with van der Waals surface area (Å²) >= 11 is 0. The number of aliphatic carboxylic acids is 1. The maximum absolute atomic E-state index is 13.3. The van der Waals surface area contributed by atoms with Crippen LogP contribution in [0.2, 0.25) is 0 Å². The second-order valence-corrected chi connectivity index (χ2v) is 15.2. The van der Waals surface area contributed by atoms with E-state index in [1.807, 2.05) is 0 Å². The van der Waals surface area contributed by atoms with E-state index in [9.17, 15) is 86.5 Å². The fourth-order valence-electron chi connectivity index (χ4n) is 7.74. The smallest absolute Gasteiger partial charge is 0.364 e. The van der Waals surface area contributed by atoms with E-state index in [0.29, 0.717) is 0 Å². The zero-order valence-corrected chi connectivity index (χ0v) is 32.3. The standard InChI is InChI=1S/C33H57NO27/c1-52-9(3-35)16(41)25-14(34)8(54-30-22(47)26(17(42)11(5-37)56-30)59-29-21(46)15(40)10(4-36)55-29)2-33(60-25,32(50)51)61-27-18(43)12(6-38)57-31(23(27)48)58-24-13(7-39)53-28(49)20(45)19(24)44/h8-31,35-49H,2-7,34H2,1H3,(H,50,51)/t8-,9+,10-,11+,12+,13+,14+,15-,16+,17-,18-,19+,20+,21+,22+,23+,24+,25+,26-,27-,28+,29-,30+,31-,33-/m0/s1. The fraction of sp³-hybridized carbons (Fsp3) is 0.970. The van der Waals surface area contributed by atoms with Gasteiger partial charge < -0.3 is 135 Å². The number of hydrogen-bond donors (Lipinski definition) is 17. The van der Waals surface area contributed by atoms with Crippen molar-refractivity contribution in [1.82, 2.24) is 0 Å². The summed E-state index contributed by atoms with van der Waals surface area (Å²) in [4.78, 5) is 13.3. The number of rotatable bonds is 17. The van der Waals surface area contributed by atoms with Crippen molar-refractivity contribution in [3.05, 3.63) is 0 Å². The molecule has 0 radical (unpaired) electrons. The molecular weight excluding hydrogens is 842 g/mol. The zero-order chi connectivity index (χ0) is 45.2. The maximum atomic E-state index is 13.3. The average Bonchev–Trinajstić information content (AvgIpc) is 3.51. The molecule has 5 saturated heterocycles. The summed E-state index contributed by atoms with van der Waals surface area (Å²) in [5.41, 5.74) is 6.46. The van der Waals surface area contributed by atoms with Gasteiger partial charge in [0.15, 0.2) is 25.2 Å². The van der Waals surface area contributed by atoms with Gasteiger partial charge in [0.1, 0.15) is 110 Å². The molecule has 28 heteroatoms. The normalized spacial score (nSPS) is 49.4. The Hall–Kier alpha value is -1.57. The van der Waals surface area contributed by atoms with E-state index in [2.05, 4.69) is 0 Å². The van der Waals surface area contributed by atoms with Crippen molar-refractivity contribution in [2.45, 2.75) is 159 Å². The second-order valence-electron chi connectivity index (χ2n) is 15.2. The Labute approximate surface area is 345 Å². The van der Waals surface area contributed by atoms with E-state index in [1.54, 1.807) is 0 Å². The largest absolute Gasteiger partial charge is 0.477 e. The summed E-state index contributed by atoms with van der Waals surface area (Å²) in [7, 11) is 1.06. The third kappa shape index (κ3) is 10.1. The van der Waals surface area contributed by atoms with Gasteiger partial charge in [-0.15, -0.1) is 0 Å². The zero-order valence-electron chi connectivity index (χ0n) is 32.3. The summed E-state index contributed by atoms with van der Waals surface area (Å²) in [6, 6.07) is -1.68. The lowest BCUT2D eigenvalue weighted by molar-refractivity contribution is -0.392. The molecule has 0 aromatic heterocycles. The molecule has 5 aliphatic heterocycles. The molecule has 18 N–H and O–H groups in total. The van der Waals surface area contributed by atoms with Crippen molar-refractivity contribution in [3.63, 3.8) is 0 Å². The summed E-state index contributed by atoms with van der Waals surface area (Å²) in [5.74, 6) is -5.22. The molecule has 5 aliphatic rings. The molecule has 0 amide bonds. The van der Waals surface area contributed by atoms with Crippen molar-refractivity contribution >= 4 is 5.97 Å². The quantitative estimate of drug-likeness (QED) is 0.0644. The SMILES string of the molecule is CO[C@H](CO)[C@@H](O)[C@@H]1O[C@@](O[C@H]2[C@@H](O)[C@@H](CO)O[C@@H](O[C@H]3[C@H](O)[C@@H](O)[C@H](O)O[C@@H]3CO)[C@@H]2O)(C(=O)O)C[C@H](O[C@@H]2O[C@H](CO)[C@H](O)[C@H](O[C@@H]3O[C@@H](CO)[C@H](O)[C@H]3O)[C@H]2O)[C@H]1N. The van der Waals surface area contributed by atoms with Crippen LogP contribution in [0.25, 0.3) is 0 Å². The monoisotopic (exact) mass is 899 g/mol. The molecule has 0 aliphatic carbocycles. The second kappa shape index (κ2) is 21.2. The highest BCUT2D eigenvalue weighted by Gasteiger charge is 2.61. The molecule has 0 aromatic rings. The van der Waals surface area contributed by atoms with Crippen molar-refractivity contribution in [1.29, 1.82) is 0 Å². The lowest BCUT2D eigenvalue weighted by Crippen LogP contribution is -2.71. The minimum atomic E-state index is -3.18. The van der Waals surface area contributed by atoms with Gasteiger partial charge in [-0.2, -0.15) is 0 Å². The highest BCUT2D eigenvalue weighted by atomic mass is 16.8. The van der Waals surface area contributed by atoms with E-state index in [-0.39, 0.29) is 0 Å². The Morgan fingerprint density at radius 1 is 0.639 bits per heavy atom. The van der Waals surface area contributed by atoms with E-state index in [0.717, 1.165) is 7.11 Å². The van der Waals surface area contributed by atoms with Gasteiger partial charge in [0.05, 0.1) is 45.2 Å². The van der Waals surface area contributed by atoms with Crippen molar-refractivity contribution in [2.24, 2.45) is 5.73 Å². The topological polar surface area (TPSA) is 459 Å². The van der Waals surface area contributed by atoms with Crippen LogP contribution < -0.4 is 5.73 Å². The molecule has 5 fully saturated rings. The van der Waals surface area contributed by atoms with E-state index in [4.69, 9.17) is 53.1 Å². The maximum Gasteiger partial charge on any atom is 0.364 e. The Kier molecular flexibility index (Phi) is 17.5. The number of aliphatic hydroxyl groups excluding tert-OH is 15. The number of carboxylic acid groups (broad SMARTS) is 1. The van der Waals surface area contributed by atoms with Crippen LogP contribution in [-0.4, -0.2) is 281 Å². The molecule has 61 heavy (non-hydrogen) atoms. The predicted molar refractivity (Wildman–Crippen MR) is 184 cm³/mol. The van der Waals surface area contributed by atoms with Crippen LogP contribution in [-0.2, 0) is 52.2 Å². The molecule has 0 saturated carbocycles. The van der Waals surface area contributed by atoms with Crippen molar-refractivity contribution in [3.8, 4) is 0 Å². The van der Waals surface area contributed by atoms with Gasteiger partial charge in [-0.1, -0.05) is 0 Å². The molecular formula is C33H57NO27. The van der Waals surface area contributed by atoms with Crippen LogP contribution in [0.3, 0.4) is 0 Å². The van der Waals surface area contributed by atoms with Crippen LogP contribution in [0, 0.1) is 0 Å². The Morgan fingerprint density at radius 2 is 1.13 bits per heavy atom. The number of ether oxygens (including phenoxy) is 10. The van der Waals surface area contributed by atoms with Crippen LogP contribution >= 0.6 is 0 Å². The molecule has 25 atom stereocenters. The fourth-order valence-corrected chi connectivity index (χ4v) is 7.74. The van der Waals surface area contributed by atoms with Crippen LogP contribution in [0.4, 0.5) is 0 Å². The summed E-state index contributed by atoms with van der Waals surface area (Å²) < 4.78 is 55.2. The minimum Gasteiger partial charge on any atom is -0.477 e. The molecule has 0 aromatic carbocycles. The van der Waals surface area contributed by atoms with Crippen LogP contribution in [0.5, 0.6) is 0 Å². The summed E-state index contributed by atoms with van der Waals surface area (Å²) in [6.45, 7) is -4.60. The summed E-state index contributed by atoms with van der Waals surface area (Å²) in [6.07, 6.45) is -44.5. The van der Waals surface area contributed by atoms with E-state index >= 15 is 0 Å².